The summed E-state index contributed by atoms with van der Waals surface area (Å²) in [6.45, 7) is 1.86. The zero-order chi connectivity index (χ0) is 9.97. The lowest BCUT2D eigenvalue weighted by Gasteiger charge is -1.99. The summed E-state index contributed by atoms with van der Waals surface area (Å²) in [7, 11) is 0. The van der Waals surface area contributed by atoms with Gasteiger partial charge in [0.15, 0.2) is 0 Å². The van der Waals surface area contributed by atoms with E-state index < -0.39 is 0 Å². The molecular formula is C8H8N4OS. The fourth-order valence-electron chi connectivity index (χ4n) is 0.964. The lowest BCUT2D eigenvalue weighted by Crippen LogP contribution is -1.97. The molecule has 0 aliphatic heterocycles. The summed E-state index contributed by atoms with van der Waals surface area (Å²) in [6, 6.07) is 1.82. The Kier molecular flexibility index (Phi) is 2.36. The molecule has 0 aromatic carbocycles. The Morgan fingerprint density at radius 2 is 2.29 bits per heavy atom. The van der Waals surface area contributed by atoms with E-state index in [1.165, 1.54) is 18.0 Å². The van der Waals surface area contributed by atoms with Crippen molar-refractivity contribution < 1.29 is 4.42 Å². The maximum absolute atomic E-state index is 5.50. The number of aromatic nitrogens is 3. The van der Waals surface area contributed by atoms with Gasteiger partial charge in [-0.3, -0.25) is 0 Å². The zero-order valence-electron chi connectivity index (χ0n) is 7.47. The van der Waals surface area contributed by atoms with E-state index in [-0.39, 0.29) is 5.95 Å². The second-order valence-corrected chi connectivity index (χ2v) is 3.58. The number of oxazole rings is 1. The van der Waals surface area contributed by atoms with Crippen LogP contribution >= 0.6 is 11.8 Å². The van der Waals surface area contributed by atoms with Gasteiger partial charge >= 0.3 is 0 Å². The fourth-order valence-corrected chi connectivity index (χ4v) is 1.73. The summed E-state index contributed by atoms with van der Waals surface area (Å²) >= 11 is 1.31. The number of nitrogens with zero attached hydrogens (tertiary/aromatic N) is 3. The monoisotopic (exact) mass is 208 g/mol. The highest BCUT2D eigenvalue weighted by molar-refractivity contribution is 7.99. The molecule has 2 rings (SSSR count). The smallest absolute Gasteiger partial charge is 0.261 e. The van der Waals surface area contributed by atoms with Crippen LogP contribution in [0.2, 0.25) is 0 Å². The molecule has 0 saturated heterocycles. The van der Waals surface area contributed by atoms with Crippen LogP contribution in [-0.4, -0.2) is 15.0 Å². The minimum absolute atomic E-state index is 0.263. The van der Waals surface area contributed by atoms with E-state index >= 15 is 0 Å². The predicted molar refractivity (Wildman–Crippen MR) is 51.8 cm³/mol. The van der Waals surface area contributed by atoms with Gasteiger partial charge in [0.05, 0.1) is 6.20 Å². The largest absolute Gasteiger partial charge is 0.440 e. The molecular weight excluding hydrogens is 200 g/mol. The van der Waals surface area contributed by atoms with Crippen molar-refractivity contribution in [1.29, 1.82) is 0 Å². The van der Waals surface area contributed by atoms with Crippen LogP contribution in [0, 0.1) is 6.92 Å². The Morgan fingerprint density at radius 1 is 1.43 bits per heavy atom. The van der Waals surface area contributed by atoms with Crippen molar-refractivity contribution in [2.45, 2.75) is 17.2 Å². The SMILES string of the molecule is Cc1cc(Sc2ncco2)nc(N)n1. The molecule has 0 radical (unpaired) electrons. The van der Waals surface area contributed by atoms with Crippen molar-refractivity contribution >= 4 is 17.7 Å². The lowest BCUT2D eigenvalue weighted by atomic mass is 10.5. The molecule has 0 atom stereocenters. The van der Waals surface area contributed by atoms with Crippen molar-refractivity contribution in [3.05, 3.63) is 24.2 Å². The quantitative estimate of drug-likeness (QED) is 0.753. The van der Waals surface area contributed by atoms with E-state index in [0.29, 0.717) is 5.22 Å². The molecule has 5 nitrogen and oxygen atoms in total. The first-order chi connectivity index (χ1) is 6.74. The number of aryl methyl sites for hydroxylation is 1. The zero-order valence-corrected chi connectivity index (χ0v) is 8.28. The molecule has 2 aromatic heterocycles. The van der Waals surface area contributed by atoms with E-state index in [1.807, 2.05) is 13.0 Å². The minimum atomic E-state index is 0.263. The van der Waals surface area contributed by atoms with Crippen molar-refractivity contribution in [2.24, 2.45) is 0 Å². The molecule has 2 heterocycles. The molecule has 14 heavy (non-hydrogen) atoms. The van der Waals surface area contributed by atoms with Crippen molar-refractivity contribution in [1.82, 2.24) is 15.0 Å². The van der Waals surface area contributed by atoms with E-state index in [9.17, 15) is 0 Å². The van der Waals surface area contributed by atoms with Gasteiger partial charge in [0, 0.05) is 5.69 Å². The molecule has 0 spiro atoms. The topological polar surface area (TPSA) is 77.8 Å². The van der Waals surface area contributed by atoms with Crippen LogP contribution in [0.1, 0.15) is 5.69 Å². The van der Waals surface area contributed by atoms with E-state index in [2.05, 4.69) is 15.0 Å². The number of anilines is 1. The Hall–Kier alpha value is -1.56. The summed E-state index contributed by atoms with van der Waals surface area (Å²) in [5, 5.41) is 1.28. The van der Waals surface area contributed by atoms with Crippen LogP contribution in [0.3, 0.4) is 0 Å². The summed E-state index contributed by atoms with van der Waals surface area (Å²) < 4.78 is 5.07. The van der Waals surface area contributed by atoms with Gasteiger partial charge in [-0.15, -0.1) is 0 Å². The molecule has 0 aliphatic rings. The average molecular weight is 208 g/mol. The highest BCUT2D eigenvalue weighted by atomic mass is 32.2. The van der Waals surface area contributed by atoms with Crippen LogP contribution < -0.4 is 5.73 Å². The third-order valence-electron chi connectivity index (χ3n) is 1.45. The number of nitrogens with two attached hydrogens (primary N) is 1. The second-order valence-electron chi connectivity index (χ2n) is 2.61. The Balaban J connectivity index is 2.25. The van der Waals surface area contributed by atoms with Crippen LogP contribution in [0.5, 0.6) is 0 Å². The summed E-state index contributed by atoms with van der Waals surface area (Å²) in [4.78, 5) is 12.0. The number of rotatable bonds is 2. The van der Waals surface area contributed by atoms with Gasteiger partial charge in [-0.25, -0.2) is 15.0 Å². The Bertz CT molecular complexity index is 409. The van der Waals surface area contributed by atoms with E-state index in [1.54, 1.807) is 6.20 Å². The molecule has 2 N–H and O–H groups in total. The third kappa shape index (κ3) is 2.02. The van der Waals surface area contributed by atoms with Crippen LogP contribution in [0.25, 0.3) is 0 Å². The average Bonchev–Trinajstić information content (AvgIpc) is 2.54. The predicted octanol–water partition coefficient (Wildman–Crippen LogP) is 1.51. The van der Waals surface area contributed by atoms with Crippen LogP contribution in [0.4, 0.5) is 5.95 Å². The van der Waals surface area contributed by atoms with Crippen molar-refractivity contribution in [2.75, 3.05) is 5.73 Å². The third-order valence-corrected chi connectivity index (χ3v) is 2.24. The Labute approximate surface area is 84.8 Å². The summed E-state index contributed by atoms with van der Waals surface area (Å²) in [5.74, 6) is 0.263. The van der Waals surface area contributed by atoms with Crippen LogP contribution in [0.15, 0.2) is 33.2 Å². The van der Waals surface area contributed by atoms with Gasteiger partial charge in [-0.05, 0) is 24.8 Å². The highest BCUT2D eigenvalue weighted by Crippen LogP contribution is 2.24. The molecule has 0 aliphatic carbocycles. The molecule has 0 unspecified atom stereocenters. The highest BCUT2D eigenvalue weighted by Gasteiger charge is 2.04. The molecule has 0 amide bonds. The molecule has 0 fully saturated rings. The van der Waals surface area contributed by atoms with Gasteiger partial charge in [-0.1, -0.05) is 0 Å². The van der Waals surface area contributed by atoms with Gasteiger partial charge in [0.1, 0.15) is 11.3 Å². The van der Waals surface area contributed by atoms with E-state index in [4.69, 9.17) is 10.2 Å². The number of hydrogen-bond donors (Lipinski definition) is 1. The molecule has 6 heteroatoms. The van der Waals surface area contributed by atoms with Crippen molar-refractivity contribution in [3.8, 4) is 0 Å². The van der Waals surface area contributed by atoms with Crippen molar-refractivity contribution in [3.63, 3.8) is 0 Å². The summed E-state index contributed by atoms with van der Waals surface area (Å²) in [5.41, 5.74) is 6.33. The standard InChI is InChI=1S/C8H8N4OS/c1-5-4-6(12-7(9)11-5)14-8-10-2-3-13-8/h2-4H,1H3,(H2,9,11,12). The van der Waals surface area contributed by atoms with Crippen LogP contribution in [-0.2, 0) is 0 Å². The molecule has 2 aromatic rings. The second kappa shape index (κ2) is 3.67. The minimum Gasteiger partial charge on any atom is -0.440 e. The lowest BCUT2D eigenvalue weighted by molar-refractivity contribution is 0.454. The van der Waals surface area contributed by atoms with Gasteiger partial charge in [-0.2, -0.15) is 0 Å². The number of hydrogen-bond acceptors (Lipinski definition) is 6. The normalized spacial score (nSPS) is 10.4. The maximum Gasteiger partial charge on any atom is 0.261 e. The number of nitrogen functional groups attached to an aromatic ring is 1. The fraction of sp³-hybridized carbons (Fsp3) is 0.125. The van der Waals surface area contributed by atoms with Gasteiger partial charge in [0.2, 0.25) is 5.95 Å². The van der Waals surface area contributed by atoms with Gasteiger partial charge < -0.3 is 10.2 Å². The first-order valence-corrected chi connectivity index (χ1v) is 4.74. The maximum atomic E-state index is 5.50. The van der Waals surface area contributed by atoms with E-state index in [0.717, 1.165) is 10.7 Å². The molecule has 0 saturated carbocycles. The first-order valence-electron chi connectivity index (χ1n) is 3.92. The first kappa shape index (κ1) is 9.01. The Morgan fingerprint density at radius 3 is 2.93 bits per heavy atom. The molecule has 0 bridgehead atoms. The van der Waals surface area contributed by atoms with Gasteiger partial charge in [0.25, 0.3) is 5.22 Å². The molecule has 72 valence electrons. The summed E-state index contributed by atoms with van der Waals surface area (Å²) in [6.07, 6.45) is 3.10.